The predicted octanol–water partition coefficient (Wildman–Crippen LogP) is 2.73. The summed E-state index contributed by atoms with van der Waals surface area (Å²) in [6.45, 7) is 1.66. The number of aliphatic carboxylic acids is 1. The number of benzene rings is 2. The van der Waals surface area contributed by atoms with Crippen molar-refractivity contribution in [2.75, 3.05) is 4.90 Å². The largest absolute Gasteiger partial charge is 0.508 e. The monoisotopic (exact) mass is 414 g/mol. The van der Waals surface area contributed by atoms with E-state index in [1.165, 1.54) is 12.1 Å². The molecule has 0 saturated carbocycles. The SMILES string of the molecule is CC[C@]1(C(=O)O)N[C@H](c2ccccc2O)[C@H]2C(=O)N(c3cccc(Cl)c3)C(=O)[C@@H]21. The van der Waals surface area contributed by atoms with Gasteiger partial charge >= 0.3 is 5.97 Å². The smallest absolute Gasteiger partial charge is 0.324 e. The Labute approximate surface area is 171 Å². The minimum absolute atomic E-state index is 0.0671. The zero-order chi connectivity index (χ0) is 20.9. The van der Waals surface area contributed by atoms with Gasteiger partial charge in [0.15, 0.2) is 0 Å². The van der Waals surface area contributed by atoms with Crippen molar-refractivity contribution in [3.05, 3.63) is 59.1 Å². The highest BCUT2D eigenvalue weighted by Crippen LogP contribution is 2.52. The third-order valence-electron chi connectivity index (χ3n) is 5.93. The molecule has 0 spiro atoms. The van der Waals surface area contributed by atoms with Gasteiger partial charge in [0.05, 0.1) is 17.5 Å². The van der Waals surface area contributed by atoms with E-state index in [1.54, 1.807) is 43.3 Å². The number of carbonyl (C=O) groups excluding carboxylic acids is 2. The Morgan fingerprint density at radius 3 is 2.52 bits per heavy atom. The van der Waals surface area contributed by atoms with E-state index >= 15 is 0 Å². The van der Waals surface area contributed by atoms with Gasteiger partial charge in [0.25, 0.3) is 0 Å². The summed E-state index contributed by atoms with van der Waals surface area (Å²) in [6.07, 6.45) is 0.0933. The number of carboxylic acids is 1. The molecule has 0 bridgehead atoms. The van der Waals surface area contributed by atoms with E-state index in [9.17, 15) is 24.6 Å². The van der Waals surface area contributed by atoms with Crippen LogP contribution in [0.15, 0.2) is 48.5 Å². The fourth-order valence-corrected chi connectivity index (χ4v) is 4.75. The third-order valence-corrected chi connectivity index (χ3v) is 6.17. The number of nitrogens with zero attached hydrogens (tertiary/aromatic N) is 1. The van der Waals surface area contributed by atoms with E-state index in [1.807, 2.05) is 0 Å². The lowest BCUT2D eigenvalue weighted by Gasteiger charge is -2.30. The molecule has 8 heteroatoms. The van der Waals surface area contributed by atoms with E-state index < -0.39 is 41.2 Å². The molecule has 150 valence electrons. The summed E-state index contributed by atoms with van der Waals surface area (Å²) in [6, 6.07) is 11.9. The number of rotatable bonds is 4. The number of hydrogen-bond acceptors (Lipinski definition) is 5. The number of halogens is 1. The average molecular weight is 415 g/mol. The molecule has 2 aromatic rings. The van der Waals surface area contributed by atoms with Gasteiger partial charge in [-0.05, 0) is 30.7 Å². The molecule has 2 aliphatic heterocycles. The molecule has 29 heavy (non-hydrogen) atoms. The third kappa shape index (κ3) is 2.73. The van der Waals surface area contributed by atoms with Gasteiger partial charge in [-0.25, -0.2) is 4.90 Å². The molecule has 0 unspecified atom stereocenters. The molecular formula is C21H19ClN2O5. The van der Waals surface area contributed by atoms with Gasteiger partial charge in [-0.2, -0.15) is 0 Å². The molecule has 0 radical (unpaired) electrons. The number of fused-ring (bicyclic) bond motifs is 1. The first-order valence-electron chi connectivity index (χ1n) is 9.24. The Morgan fingerprint density at radius 1 is 1.17 bits per heavy atom. The summed E-state index contributed by atoms with van der Waals surface area (Å²) in [5.41, 5.74) is -0.945. The highest BCUT2D eigenvalue weighted by atomic mass is 35.5. The Bertz CT molecular complexity index is 1030. The van der Waals surface area contributed by atoms with Crippen LogP contribution < -0.4 is 10.2 Å². The molecule has 2 aliphatic rings. The highest BCUT2D eigenvalue weighted by molar-refractivity contribution is 6.31. The summed E-state index contributed by atoms with van der Waals surface area (Å²) < 4.78 is 0. The number of imide groups is 1. The van der Waals surface area contributed by atoms with E-state index in [0.717, 1.165) is 4.90 Å². The van der Waals surface area contributed by atoms with Gasteiger partial charge in [0, 0.05) is 16.6 Å². The summed E-state index contributed by atoms with van der Waals surface area (Å²) in [7, 11) is 0. The quantitative estimate of drug-likeness (QED) is 0.664. The van der Waals surface area contributed by atoms with E-state index in [2.05, 4.69) is 5.32 Å². The van der Waals surface area contributed by atoms with Crippen LogP contribution in [0.5, 0.6) is 5.75 Å². The number of phenols is 1. The van der Waals surface area contributed by atoms with Gasteiger partial charge in [0.2, 0.25) is 11.8 Å². The van der Waals surface area contributed by atoms with Crippen LogP contribution in [-0.2, 0) is 14.4 Å². The molecule has 0 aromatic heterocycles. The number of phenolic OH excluding ortho intramolecular Hbond substituents is 1. The van der Waals surface area contributed by atoms with E-state index in [4.69, 9.17) is 11.6 Å². The molecule has 4 rings (SSSR count). The van der Waals surface area contributed by atoms with Crippen molar-refractivity contribution >= 4 is 35.1 Å². The van der Waals surface area contributed by atoms with Crippen molar-refractivity contribution in [1.82, 2.24) is 5.32 Å². The van der Waals surface area contributed by atoms with Crippen molar-refractivity contribution in [2.24, 2.45) is 11.8 Å². The van der Waals surface area contributed by atoms with Gasteiger partial charge in [-0.3, -0.25) is 19.7 Å². The van der Waals surface area contributed by atoms with E-state index in [0.29, 0.717) is 16.3 Å². The average Bonchev–Trinajstić information content (AvgIpc) is 3.17. The number of aromatic hydroxyl groups is 1. The number of nitrogens with one attached hydrogen (secondary N) is 1. The maximum atomic E-state index is 13.4. The molecule has 0 aliphatic carbocycles. The molecule has 2 heterocycles. The highest BCUT2D eigenvalue weighted by Gasteiger charge is 2.68. The number of para-hydroxylation sites is 1. The Hall–Kier alpha value is -2.90. The zero-order valence-electron chi connectivity index (χ0n) is 15.5. The lowest BCUT2D eigenvalue weighted by atomic mass is 9.78. The molecule has 3 N–H and O–H groups in total. The van der Waals surface area contributed by atoms with Crippen molar-refractivity contribution in [3.8, 4) is 5.75 Å². The number of anilines is 1. The summed E-state index contributed by atoms with van der Waals surface area (Å²) in [5, 5.41) is 23.7. The molecule has 2 aromatic carbocycles. The van der Waals surface area contributed by atoms with Crippen molar-refractivity contribution in [1.29, 1.82) is 0 Å². The Kier molecular flexibility index (Phi) is 4.59. The second-order valence-electron chi connectivity index (χ2n) is 7.31. The van der Waals surface area contributed by atoms with Crippen LogP contribution in [-0.4, -0.2) is 33.5 Å². The maximum absolute atomic E-state index is 13.4. The molecular weight excluding hydrogens is 396 g/mol. The van der Waals surface area contributed by atoms with Gasteiger partial charge in [-0.1, -0.05) is 42.8 Å². The van der Waals surface area contributed by atoms with Crippen molar-refractivity contribution < 1.29 is 24.6 Å². The van der Waals surface area contributed by atoms with Crippen LogP contribution in [0.25, 0.3) is 0 Å². The first kappa shape index (κ1) is 19.4. The number of amides is 2. The molecule has 2 amide bonds. The number of carboxylic acid groups (broad SMARTS) is 1. The second kappa shape index (κ2) is 6.86. The molecule has 2 fully saturated rings. The summed E-state index contributed by atoms with van der Waals surface area (Å²) in [5.74, 6) is -4.45. The first-order chi connectivity index (χ1) is 13.8. The van der Waals surface area contributed by atoms with Crippen LogP contribution in [0.2, 0.25) is 5.02 Å². The van der Waals surface area contributed by atoms with Crippen LogP contribution in [0.3, 0.4) is 0 Å². The summed E-state index contributed by atoms with van der Waals surface area (Å²) in [4.78, 5) is 40.0. The topological polar surface area (TPSA) is 107 Å². The van der Waals surface area contributed by atoms with Gasteiger partial charge in [-0.15, -0.1) is 0 Å². The van der Waals surface area contributed by atoms with Crippen LogP contribution in [0.4, 0.5) is 5.69 Å². The maximum Gasteiger partial charge on any atom is 0.324 e. The van der Waals surface area contributed by atoms with Crippen LogP contribution >= 0.6 is 11.6 Å². The number of hydrogen-bond donors (Lipinski definition) is 3. The van der Waals surface area contributed by atoms with Crippen LogP contribution in [0, 0.1) is 11.8 Å². The van der Waals surface area contributed by atoms with E-state index in [-0.39, 0.29) is 12.2 Å². The molecule has 2 saturated heterocycles. The van der Waals surface area contributed by atoms with Crippen molar-refractivity contribution in [3.63, 3.8) is 0 Å². The molecule has 7 nitrogen and oxygen atoms in total. The Balaban J connectivity index is 1.88. The number of carbonyl (C=O) groups is 3. The summed E-state index contributed by atoms with van der Waals surface area (Å²) >= 11 is 6.03. The first-order valence-corrected chi connectivity index (χ1v) is 9.62. The van der Waals surface area contributed by atoms with Crippen molar-refractivity contribution in [2.45, 2.75) is 24.9 Å². The zero-order valence-corrected chi connectivity index (χ0v) is 16.3. The minimum atomic E-state index is -1.63. The fraction of sp³-hybridized carbons (Fsp3) is 0.286. The minimum Gasteiger partial charge on any atom is -0.508 e. The standard InChI is InChI=1S/C21H19ClN2O5/c1-2-21(20(28)29)16-15(17(23-21)13-8-3-4-9-14(13)25)18(26)24(19(16)27)12-7-5-6-11(22)10-12/h3-10,15-17,23,25H,2H2,1H3,(H,28,29)/t15-,16+,17+,21-/m0/s1. The molecule has 4 atom stereocenters. The fourth-order valence-electron chi connectivity index (χ4n) is 4.56. The predicted molar refractivity (Wildman–Crippen MR) is 106 cm³/mol. The lowest BCUT2D eigenvalue weighted by Crippen LogP contribution is -2.55. The van der Waals surface area contributed by atoms with Gasteiger partial charge < -0.3 is 10.2 Å². The normalized spacial score (nSPS) is 28.6. The Morgan fingerprint density at radius 2 is 1.90 bits per heavy atom. The lowest BCUT2D eigenvalue weighted by molar-refractivity contribution is -0.149. The second-order valence-corrected chi connectivity index (χ2v) is 7.74. The van der Waals surface area contributed by atoms with Crippen LogP contribution in [0.1, 0.15) is 24.9 Å². The van der Waals surface area contributed by atoms with Gasteiger partial charge in [0.1, 0.15) is 11.3 Å².